The third-order valence-corrected chi connectivity index (χ3v) is 4.57. The van der Waals surface area contributed by atoms with Crippen molar-refractivity contribution in [1.82, 2.24) is 0 Å². The first-order chi connectivity index (χ1) is 13.4. The lowest BCUT2D eigenvalue weighted by Gasteiger charge is -2.12. The molecule has 6 nitrogen and oxygen atoms in total. The average Bonchev–Trinajstić information content (AvgIpc) is 3.19. The molecule has 8 heteroatoms. The third-order valence-electron chi connectivity index (χ3n) is 3.70. The molecule has 0 bridgehead atoms. The van der Waals surface area contributed by atoms with Gasteiger partial charge in [0, 0.05) is 12.6 Å². The molecule has 0 radical (unpaired) electrons. The van der Waals surface area contributed by atoms with Crippen LogP contribution in [0.3, 0.4) is 0 Å². The van der Waals surface area contributed by atoms with Crippen LogP contribution >= 0.6 is 11.3 Å². The number of thiophene rings is 1. The molecule has 3 rings (SSSR count). The molecule has 0 aliphatic rings. The van der Waals surface area contributed by atoms with E-state index in [-0.39, 0.29) is 23.1 Å². The van der Waals surface area contributed by atoms with Crippen molar-refractivity contribution in [3.63, 3.8) is 0 Å². The standard InChI is InChI=1S/C20H16FN3O3S/c1-12(25)22-13-8-9-15(21)17(11-13)24-19(26)14-5-2-3-6-16(14)23-20(27)18-7-4-10-28-18/h2-11H,1H3,(H,22,25)(H,23,27)(H,24,26). The van der Waals surface area contributed by atoms with Crippen LogP contribution in [0, 0.1) is 5.82 Å². The number of rotatable bonds is 5. The van der Waals surface area contributed by atoms with Gasteiger partial charge in [-0.05, 0) is 41.8 Å². The molecule has 0 aliphatic heterocycles. The zero-order valence-corrected chi connectivity index (χ0v) is 15.6. The monoisotopic (exact) mass is 397 g/mol. The summed E-state index contributed by atoms with van der Waals surface area (Å²) >= 11 is 1.28. The Balaban J connectivity index is 1.82. The number of benzene rings is 2. The number of hydrogen-bond acceptors (Lipinski definition) is 4. The van der Waals surface area contributed by atoms with E-state index < -0.39 is 11.7 Å². The highest BCUT2D eigenvalue weighted by atomic mass is 32.1. The molecule has 1 aromatic heterocycles. The van der Waals surface area contributed by atoms with Crippen LogP contribution in [-0.4, -0.2) is 17.7 Å². The number of halogens is 1. The molecule has 2 aromatic carbocycles. The van der Waals surface area contributed by atoms with Crippen LogP contribution in [0.1, 0.15) is 27.0 Å². The molecule has 142 valence electrons. The van der Waals surface area contributed by atoms with Gasteiger partial charge in [0.25, 0.3) is 11.8 Å². The summed E-state index contributed by atoms with van der Waals surface area (Å²) < 4.78 is 14.1. The first-order valence-electron chi connectivity index (χ1n) is 8.26. The summed E-state index contributed by atoms with van der Waals surface area (Å²) in [5.41, 5.74) is 0.743. The maximum Gasteiger partial charge on any atom is 0.265 e. The summed E-state index contributed by atoms with van der Waals surface area (Å²) in [4.78, 5) is 36.6. The molecular weight excluding hydrogens is 381 g/mol. The van der Waals surface area contributed by atoms with Gasteiger partial charge in [-0.15, -0.1) is 11.3 Å². The quantitative estimate of drug-likeness (QED) is 0.598. The van der Waals surface area contributed by atoms with Crippen molar-refractivity contribution in [2.24, 2.45) is 0 Å². The molecule has 3 N–H and O–H groups in total. The fourth-order valence-corrected chi connectivity index (χ4v) is 3.09. The lowest BCUT2D eigenvalue weighted by atomic mass is 10.1. The minimum atomic E-state index is -0.650. The fraction of sp³-hybridized carbons (Fsp3) is 0.0500. The van der Waals surface area contributed by atoms with Crippen molar-refractivity contribution in [3.8, 4) is 0 Å². The highest BCUT2D eigenvalue weighted by Gasteiger charge is 2.16. The average molecular weight is 397 g/mol. The van der Waals surface area contributed by atoms with Crippen LogP contribution < -0.4 is 16.0 Å². The van der Waals surface area contributed by atoms with Crippen LogP contribution in [0.2, 0.25) is 0 Å². The van der Waals surface area contributed by atoms with Crippen LogP contribution in [0.4, 0.5) is 21.5 Å². The molecule has 0 spiro atoms. The zero-order valence-electron chi connectivity index (χ0n) is 14.8. The van der Waals surface area contributed by atoms with Crippen molar-refractivity contribution in [2.45, 2.75) is 6.92 Å². The molecule has 0 saturated heterocycles. The molecular formula is C20H16FN3O3S. The van der Waals surface area contributed by atoms with Crippen molar-refractivity contribution in [2.75, 3.05) is 16.0 Å². The molecule has 1 heterocycles. The number of nitrogens with one attached hydrogen (secondary N) is 3. The van der Waals surface area contributed by atoms with Gasteiger partial charge < -0.3 is 16.0 Å². The van der Waals surface area contributed by atoms with Gasteiger partial charge in [-0.1, -0.05) is 18.2 Å². The van der Waals surface area contributed by atoms with Crippen LogP contribution in [0.5, 0.6) is 0 Å². The van der Waals surface area contributed by atoms with Gasteiger partial charge in [0.15, 0.2) is 0 Å². The van der Waals surface area contributed by atoms with Crippen LogP contribution in [0.15, 0.2) is 60.0 Å². The highest BCUT2D eigenvalue weighted by molar-refractivity contribution is 7.12. The number of para-hydroxylation sites is 1. The smallest absolute Gasteiger partial charge is 0.265 e. The van der Waals surface area contributed by atoms with Gasteiger partial charge >= 0.3 is 0 Å². The van der Waals surface area contributed by atoms with E-state index in [0.29, 0.717) is 16.3 Å². The van der Waals surface area contributed by atoms with Gasteiger partial charge in [-0.25, -0.2) is 4.39 Å². The SMILES string of the molecule is CC(=O)Nc1ccc(F)c(NC(=O)c2ccccc2NC(=O)c2cccs2)c1. The highest BCUT2D eigenvalue weighted by Crippen LogP contribution is 2.23. The number of carbonyl (C=O) groups excluding carboxylic acids is 3. The second-order valence-corrected chi connectivity index (χ2v) is 6.75. The van der Waals surface area contributed by atoms with Crippen molar-refractivity contribution in [3.05, 3.63) is 76.2 Å². The van der Waals surface area contributed by atoms with Gasteiger partial charge in [-0.3, -0.25) is 14.4 Å². The Morgan fingerprint density at radius 2 is 1.61 bits per heavy atom. The van der Waals surface area contributed by atoms with Crippen LogP contribution in [-0.2, 0) is 4.79 Å². The van der Waals surface area contributed by atoms with Crippen molar-refractivity contribution in [1.29, 1.82) is 0 Å². The summed E-state index contributed by atoms with van der Waals surface area (Å²) in [5.74, 6) is -1.90. The molecule has 0 unspecified atom stereocenters. The zero-order chi connectivity index (χ0) is 20.1. The van der Waals surface area contributed by atoms with E-state index in [2.05, 4.69) is 16.0 Å². The molecule has 3 aromatic rings. The third kappa shape index (κ3) is 4.60. The molecule has 0 fully saturated rings. The van der Waals surface area contributed by atoms with E-state index in [1.54, 1.807) is 35.7 Å². The normalized spacial score (nSPS) is 10.2. The molecule has 0 saturated carbocycles. The summed E-state index contributed by atoms with van der Waals surface area (Å²) in [5, 5.41) is 9.47. The van der Waals surface area contributed by atoms with Crippen molar-refractivity contribution < 1.29 is 18.8 Å². The maximum absolute atomic E-state index is 14.1. The van der Waals surface area contributed by atoms with E-state index in [9.17, 15) is 18.8 Å². The topological polar surface area (TPSA) is 87.3 Å². The van der Waals surface area contributed by atoms with Gasteiger partial charge in [0.1, 0.15) is 5.82 Å². The first-order valence-corrected chi connectivity index (χ1v) is 9.14. The first kappa shape index (κ1) is 19.2. The molecule has 0 atom stereocenters. The van der Waals surface area contributed by atoms with E-state index in [4.69, 9.17) is 0 Å². The van der Waals surface area contributed by atoms with Gasteiger partial charge in [-0.2, -0.15) is 0 Å². The van der Waals surface area contributed by atoms with E-state index >= 15 is 0 Å². The van der Waals surface area contributed by atoms with Crippen LogP contribution in [0.25, 0.3) is 0 Å². The number of anilines is 3. The molecule has 3 amide bonds. The predicted octanol–water partition coefficient (Wildman–Crippen LogP) is 4.35. The Morgan fingerprint density at radius 3 is 2.32 bits per heavy atom. The Hall–Kier alpha value is -3.52. The molecule has 28 heavy (non-hydrogen) atoms. The number of amides is 3. The number of carbonyl (C=O) groups is 3. The summed E-state index contributed by atoms with van der Waals surface area (Å²) in [7, 11) is 0. The maximum atomic E-state index is 14.1. The fourth-order valence-electron chi connectivity index (χ4n) is 2.47. The second kappa shape index (κ2) is 8.45. The Morgan fingerprint density at radius 1 is 0.857 bits per heavy atom. The van der Waals surface area contributed by atoms with Crippen molar-refractivity contribution >= 4 is 46.1 Å². The molecule has 0 aliphatic carbocycles. The predicted molar refractivity (Wildman–Crippen MR) is 107 cm³/mol. The summed E-state index contributed by atoms with van der Waals surface area (Å²) in [6.45, 7) is 1.33. The van der Waals surface area contributed by atoms with E-state index in [1.807, 2.05) is 0 Å². The van der Waals surface area contributed by atoms with Gasteiger partial charge in [0.2, 0.25) is 5.91 Å². The minimum absolute atomic E-state index is 0.0874. The Kier molecular flexibility index (Phi) is 5.81. The number of hydrogen-bond donors (Lipinski definition) is 3. The largest absolute Gasteiger partial charge is 0.326 e. The Bertz CT molecular complexity index is 1030. The lowest BCUT2D eigenvalue weighted by molar-refractivity contribution is -0.114. The summed E-state index contributed by atoms with van der Waals surface area (Å²) in [6, 6.07) is 13.7. The van der Waals surface area contributed by atoms with Gasteiger partial charge in [0.05, 0.1) is 21.8 Å². The lowest BCUT2D eigenvalue weighted by Crippen LogP contribution is -2.18. The summed E-state index contributed by atoms with van der Waals surface area (Å²) in [6.07, 6.45) is 0. The second-order valence-electron chi connectivity index (χ2n) is 5.81. The van der Waals surface area contributed by atoms with E-state index in [0.717, 1.165) is 6.07 Å². The minimum Gasteiger partial charge on any atom is -0.326 e. The van der Waals surface area contributed by atoms with E-state index in [1.165, 1.54) is 36.5 Å². The Labute approximate surface area is 164 Å².